The Kier molecular flexibility index (Phi) is 6.88. The number of hydrogen-bond acceptors (Lipinski definition) is 8. The molecular weight excluding hydrogens is 515 g/mol. The van der Waals surface area contributed by atoms with Gasteiger partial charge >= 0.3 is 12.1 Å². The molecule has 1 saturated heterocycles. The van der Waals surface area contributed by atoms with Crippen LogP contribution in [-0.2, 0) is 24.2 Å². The molecule has 1 aliphatic rings. The number of rotatable bonds is 5. The number of nitrogen functional groups attached to an aromatic ring is 1. The first-order valence-corrected chi connectivity index (χ1v) is 13.1. The highest BCUT2D eigenvalue weighted by atomic mass is 32.2. The quantitative estimate of drug-likeness (QED) is 0.489. The monoisotopic (exact) mass is 539 g/mol. The van der Waals surface area contributed by atoms with Gasteiger partial charge in [-0.3, -0.25) is 9.20 Å². The molecule has 198 valence electrons. The smallest absolute Gasteiger partial charge is 0.449 e. The molecule has 1 fully saturated rings. The van der Waals surface area contributed by atoms with Crippen LogP contribution in [0.2, 0.25) is 0 Å². The van der Waals surface area contributed by atoms with Crippen LogP contribution in [0.3, 0.4) is 0 Å². The second-order valence-corrected chi connectivity index (χ2v) is 10.9. The number of nitrogens with two attached hydrogens (primary N) is 1. The highest BCUT2D eigenvalue weighted by Gasteiger charge is 2.41. The topological polar surface area (TPSA) is 137 Å². The predicted molar refractivity (Wildman–Crippen MR) is 126 cm³/mol. The van der Waals surface area contributed by atoms with Crippen molar-refractivity contribution in [3.63, 3.8) is 0 Å². The number of aryl methyl sites for hydroxylation is 1. The van der Waals surface area contributed by atoms with E-state index in [0.29, 0.717) is 35.4 Å². The van der Waals surface area contributed by atoms with Crippen LogP contribution >= 0.6 is 0 Å². The maximum Gasteiger partial charge on any atom is 0.490 e. The lowest BCUT2D eigenvalue weighted by Gasteiger charge is -2.31. The zero-order valence-corrected chi connectivity index (χ0v) is 20.8. The van der Waals surface area contributed by atoms with Crippen molar-refractivity contribution in [3.05, 3.63) is 41.9 Å². The molecule has 0 saturated carbocycles. The molecule has 0 unspecified atom stereocenters. The van der Waals surface area contributed by atoms with Gasteiger partial charge in [0.1, 0.15) is 0 Å². The summed E-state index contributed by atoms with van der Waals surface area (Å²) in [5, 5.41) is 0. The molecule has 1 amide bonds. The molecule has 0 atom stereocenters. The van der Waals surface area contributed by atoms with Gasteiger partial charge in [-0.2, -0.15) is 13.2 Å². The van der Waals surface area contributed by atoms with E-state index in [9.17, 15) is 31.2 Å². The number of esters is 1. The fraction of sp³-hybridized carbons (Fsp3) is 0.391. The molecular formula is C23H24F3N5O5S. The van der Waals surface area contributed by atoms with E-state index in [-0.39, 0.29) is 29.7 Å². The maximum absolute atomic E-state index is 12.3. The van der Waals surface area contributed by atoms with E-state index in [1.807, 2.05) is 6.92 Å². The van der Waals surface area contributed by atoms with E-state index >= 15 is 0 Å². The highest BCUT2D eigenvalue weighted by molar-refractivity contribution is 7.90. The molecule has 1 aliphatic heterocycles. The van der Waals surface area contributed by atoms with Crippen molar-refractivity contribution in [2.45, 2.75) is 36.8 Å². The van der Waals surface area contributed by atoms with Gasteiger partial charge in [0.05, 0.1) is 22.5 Å². The van der Waals surface area contributed by atoms with Gasteiger partial charge in [0, 0.05) is 37.0 Å². The number of likely N-dealkylation sites (tertiary alicyclic amines) is 1. The van der Waals surface area contributed by atoms with Crippen molar-refractivity contribution < 1.29 is 35.9 Å². The van der Waals surface area contributed by atoms with Crippen LogP contribution in [0.25, 0.3) is 16.9 Å². The lowest BCUT2D eigenvalue weighted by Crippen LogP contribution is -2.41. The third kappa shape index (κ3) is 5.53. The van der Waals surface area contributed by atoms with Crippen LogP contribution in [0.4, 0.5) is 19.0 Å². The number of carbonyl (C=O) groups is 2. The van der Waals surface area contributed by atoms with Gasteiger partial charge in [0.25, 0.3) is 5.91 Å². The molecule has 0 bridgehead atoms. The number of imidazole rings is 1. The number of hydrogen-bond donors (Lipinski definition) is 1. The molecule has 10 nitrogen and oxygen atoms in total. The summed E-state index contributed by atoms with van der Waals surface area (Å²) in [6.07, 6.45) is 0.262. The maximum atomic E-state index is 12.3. The summed E-state index contributed by atoms with van der Waals surface area (Å²) in [4.78, 5) is 33.4. The fourth-order valence-electron chi connectivity index (χ4n) is 4.26. The summed E-state index contributed by atoms with van der Waals surface area (Å²) >= 11 is 0. The number of sulfone groups is 1. The van der Waals surface area contributed by atoms with Crippen LogP contribution in [0.15, 0.2) is 35.5 Å². The van der Waals surface area contributed by atoms with Crippen molar-refractivity contribution in [1.82, 2.24) is 19.3 Å². The van der Waals surface area contributed by atoms with Crippen LogP contribution in [0.5, 0.6) is 0 Å². The van der Waals surface area contributed by atoms with Gasteiger partial charge in [-0.1, -0.05) is 6.07 Å². The Hall–Kier alpha value is -3.68. The van der Waals surface area contributed by atoms with Crippen molar-refractivity contribution in [3.8, 4) is 11.3 Å². The third-order valence-electron chi connectivity index (χ3n) is 6.27. The molecule has 3 aromatic rings. The number of halogens is 3. The number of alkyl halides is 3. The summed E-state index contributed by atoms with van der Waals surface area (Å²) in [6, 6.07) is 4.84. The molecule has 4 rings (SSSR count). The van der Waals surface area contributed by atoms with E-state index in [1.165, 1.54) is 11.0 Å². The summed E-state index contributed by atoms with van der Waals surface area (Å²) in [5.41, 5.74) is 9.35. The highest BCUT2D eigenvalue weighted by Crippen LogP contribution is 2.32. The van der Waals surface area contributed by atoms with Crippen LogP contribution in [-0.4, -0.2) is 71.7 Å². The number of benzene rings is 1. The van der Waals surface area contributed by atoms with E-state index in [1.54, 1.807) is 28.9 Å². The normalized spacial score (nSPS) is 15.2. The number of ether oxygens (including phenoxy) is 1. The van der Waals surface area contributed by atoms with Crippen LogP contribution < -0.4 is 5.73 Å². The zero-order chi connectivity index (χ0) is 27.1. The van der Waals surface area contributed by atoms with Crippen molar-refractivity contribution in [2.24, 2.45) is 0 Å². The molecule has 0 radical (unpaired) electrons. The molecule has 1 aromatic carbocycles. The second-order valence-electron chi connectivity index (χ2n) is 8.87. The second kappa shape index (κ2) is 9.65. The van der Waals surface area contributed by atoms with Gasteiger partial charge in [-0.05, 0) is 37.5 Å². The minimum absolute atomic E-state index is 0.104. The van der Waals surface area contributed by atoms with Crippen molar-refractivity contribution in [2.75, 3.05) is 31.7 Å². The van der Waals surface area contributed by atoms with Gasteiger partial charge in [0.15, 0.2) is 27.9 Å². The van der Waals surface area contributed by atoms with Crippen molar-refractivity contribution >= 4 is 33.2 Å². The SMILES string of the molecule is Cc1ccc(S(C)(=O)=O)cc1-c1cnc2c(N)nc(C3CCN(C(=O)COC(=O)C(F)(F)F)CC3)cn12. The summed E-state index contributed by atoms with van der Waals surface area (Å²) < 4.78 is 66.8. The lowest BCUT2D eigenvalue weighted by atomic mass is 9.93. The molecule has 37 heavy (non-hydrogen) atoms. The Morgan fingerprint density at radius 1 is 1.22 bits per heavy atom. The molecule has 14 heteroatoms. The Balaban J connectivity index is 1.54. The van der Waals surface area contributed by atoms with Crippen LogP contribution in [0, 0.1) is 6.92 Å². The molecule has 2 N–H and O–H groups in total. The first kappa shape index (κ1) is 26.4. The number of amides is 1. The molecule has 3 heterocycles. The predicted octanol–water partition coefficient (Wildman–Crippen LogP) is 2.50. The van der Waals surface area contributed by atoms with Gasteiger partial charge < -0.3 is 15.4 Å². The average molecular weight is 540 g/mol. The number of carbonyl (C=O) groups excluding carboxylic acids is 2. The Labute approximate surface area is 210 Å². The van der Waals surface area contributed by atoms with E-state index in [2.05, 4.69) is 14.7 Å². The minimum atomic E-state index is -5.16. The average Bonchev–Trinajstić information content (AvgIpc) is 3.25. The molecule has 2 aromatic heterocycles. The summed E-state index contributed by atoms with van der Waals surface area (Å²) in [6.45, 7) is 1.34. The number of fused-ring (bicyclic) bond motifs is 1. The Morgan fingerprint density at radius 2 is 1.89 bits per heavy atom. The van der Waals surface area contributed by atoms with E-state index in [4.69, 9.17) is 5.73 Å². The summed E-state index contributed by atoms with van der Waals surface area (Å²) in [5.74, 6) is -3.04. The zero-order valence-electron chi connectivity index (χ0n) is 19.9. The number of piperidine rings is 1. The number of aromatic nitrogens is 3. The van der Waals surface area contributed by atoms with E-state index in [0.717, 1.165) is 11.8 Å². The number of nitrogens with zero attached hydrogens (tertiary/aromatic N) is 4. The first-order valence-electron chi connectivity index (χ1n) is 11.2. The largest absolute Gasteiger partial charge is 0.490 e. The lowest BCUT2D eigenvalue weighted by molar-refractivity contribution is -0.200. The number of anilines is 1. The van der Waals surface area contributed by atoms with Crippen LogP contribution in [0.1, 0.15) is 30.0 Å². The Bertz CT molecular complexity index is 1480. The summed E-state index contributed by atoms with van der Waals surface area (Å²) in [7, 11) is -3.43. The molecule has 0 aliphatic carbocycles. The van der Waals surface area contributed by atoms with Gasteiger partial charge in [0.2, 0.25) is 0 Å². The van der Waals surface area contributed by atoms with Gasteiger partial charge in [-0.15, -0.1) is 0 Å². The minimum Gasteiger partial charge on any atom is -0.449 e. The standard InChI is InChI=1S/C23H24F3N5O5S/c1-13-3-4-15(37(2,34)35)9-16(13)18-10-28-21-20(27)29-17(11-31(18)21)14-5-7-30(8-6-14)19(32)12-36-22(33)23(24,25)26/h3-4,9-11,14H,5-8,12H2,1-2H3,(H2,27,29). The fourth-order valence-corrected chi connectivity index (χ4v) is 4.91. The first-order chi connectivity index (χ1) is 17.3. The van der Waals surface area contributed by atoms with Crippen molar-refractivity contribution in [1.29, 1.82) is 0 Å². The molecule has 0 spiro atoms. The van der Waals surface area contributed by atoms with E-state index < -0.39 is 34.5 Å². The van der Waals surface area contributed by atoms with Gasteiger partial charge in [-0.25, -0.2) is 23.2 Å². The third-order valence-corrected chi connectivity index (χ3v) is 7.38. The Morgan fingerprint density at radius 3 is 2.51 bits per heavy atom.